The maximum Gasteiger partial charge on any atom is 0.252 e. The van der Waals surface area contributed by atoms with Crippen LogP contribution in [0.5, 0.6) is 0 Å². The molecule has 6 heteroatoms. The predicted molar refractivity (Wildman–Crippen MR) is 78.8 cm³/mol. The molecule has 0 aliphatic heterocycles. The molecule has 0 bridgehead atoms. The van der Waals surface area contributed by atoms with Gasteiger partial charge in [0.05, 0.1) is 0 Å². The van der Waals surface area contributed by atoms with Gasteiger partial charge in [-0.25, -0.2) is 4.98 Å². The summed E-state index contributed by atoms with van der Waals surface area (Å²) in [5.41, 5.74) is 1.34. The lowest BCUT2D eigenvalue weighted by Gasteiger charge is -2.13. The zero-order valence-electron chi connectivity index (χ0n) is 12.4. The lowest BCUT2D eigenvalue weighted by Crippen LogP contribution is -2.43. The number of aryl methyl sites for hydroxylation is 1. The number of anilines is 1. The van der Waals surface area contributed by atoms with E-state index in [-0.39, 0.29) is 11.8 Å². The fourth-order valence-electron chi connectivity index (χ4n) is 1.73. The van der Waals surface area contributed by atoms with Gasteiger partial charge in [-0.3, -0.25) is 9.59 Å². The summed E-state index contributed by atoms with van der Waals surface area (Å²) in [5.74, 6) is 0.164. The Morgan fingerprint density at radius 2 is 2.00 bits per heavy atom. The second-order valence-corrected chi connectivity index (χ2v) is 4.43. The van der Waals surface area contributed by atoms with Crippen molar-refractivity contribution in [2.75, 3.05) is 18.9 Å². The SMILES string of the molecule is CCNc1cc(C(=O)NC(C)C(=O)NC)cc(CC)n1. The van der Waals surface area contributed by atoms with E-state index in [1.807, 2.05) is 13.8 Å². The quantitative estimate of drug-likeness (QED) is 0.723. The molecule has 0 aromatic carbocycles. The van der Waals surface area contributed by atoms with Crippen molar-refractivity contribution in [1.29, 1.82) is 0 Å². The summed E-state index contributed by atoms with van der Waals surface area (Å²) in [6.07, 6.45) is 0.741. The van der Waals surface area contributed by atoms with Crippen LogP contribution in [0, 0.1) is 0 Å². The van der Waals surface area contributed by atoms with E-state index in [1.54, 1.807) is 19.1 Å². The average Bonchev–Trinajstić information content (AvgIpc) is 2.46. The van der Waals surface area contributed by atoms with Gasteiger partial charge in [-0.1, -0.05) is 6.92 Å². The van der Waals surface area contributed by atoms with Crippen LogP contribution < -0.4 is 16.0 Å². The molecular formula is C14H22N4O2. The van der Waals surface area contributed by atoms with Crippen molar-refractivity contribution in [1.82, 2.24) is 15.6 Å². The van der Waals surface area contributed by atoms with Crippen molar-refractivity contribution in [3.63, 3.8) is 0 Å². The third kappa shape index (κ3) is 4.22. The Morgan fingerprint density at radius 3 is 2.55 bits per heavy atom. The van der Waals surface area contributed by atoms with Gasteiger partial charge in [-0.15, -0.1) is 0 Å². The molecule has 0 saturated carbocycles. The molecule has 1 aromatic heterocycles. The zero-order chi connectivity index (χ0) is 15.1. The number of likely N-dealkylation sites (N-methyl/N-ethyl adjacent to an activating group) is 1. The third-order valence-corrected chi connectivity index (χ3v) is 2.85. The highest BCUT2D eigenvalue weighted by molar-refractivity contribution is 5.98. The Bertz CT molecular complexity index is 488. The topological polar surface area (TPSA) is 83.1 Å². The van der Waals surface area contributed by atoms with Crippen LogP contribution in [0.3, 0.4) is 0 Å². The molecule has 2 amide bonds. The standard InChI is InChI=1S/C14H22N4O2/c1-5-11-7-10(8-12(18-11)16-6-2)14(20)17-9(3)13(19)15-4/h7-9H,5-6H2,1-4H3,(H,15,19)(H,16,18)(H,17,20). The summed E-state index contributed by atoms with van der Waals surface area (Å²) < 4.78 is 0. The number of hydrogen-bond acceptors (Lipinski definition) is 4. The van der Waals surface area contributed by atoms with Crippen LogP contribution in [0.25, 0.3) is 0 Å². The molecule has 20 heavy (non-hydrogen) atoms. The van der Waals surface area contributed by atoms with Gasteiger partial charge >= 0.3 is 0 Å². The van der Waals surface area contributed by atoms with Crippen LogP contribution >= 0.6 is 0 Å². The molecule has 1 atom stereocenters. The molecule has 1 aromatic rings. The van der Waals surface area contributed by atoms with Crippen LogP contribution in [0.15, 0.2) is 12.1 Å². The molecule has 0 radical (unpaired) electrons. The highest BCUT2D eigenvalue weighted by atomic mass is 16.2. The van der Waals surface area contributed by atoms with Crippen LogP contribution in [0.4, 0.5) is 5.82 Å². The zero-order valence-corrected chi connectivity index (χ0v) is 12.4. The lowest BCUT2D eigenvalue weighted by atomic mass is 10.1. The van der Waals surface area contributed by atoms with Crippen molar-refractivity contribution < 1.29 is 9.59 Å². The highest BCUT2D eigenvalue weighted by Crippen LogP contribution is 2.11. The number of carbonyl (C=O) groups excluding carboxylic acids is 2. The van der Waals surface area contributed by atoms with Crippen molar-refractivity contribution >= 4 is 17.6 Å². The molecule has 0 spiro atoms. The Labute approximate surface area is 119 Å². The minimum Gasteiger partial charge on any atom is -0.370 e. The largest absolute Gasteiger partial charge is 0.370 e. The van der Waals surface area contributed by atoms with Gasteiger partial charge in [0, 0.05) is 24.8 Å². The first-order valence-corrected chi connectivity index (χ1v) is 6.79. The molecule has 1 rings (SSSR count). The fourth-order valence-corrected chi connectivity index (χ4v) is 1.73. The average molecular weight is 278 g/mol. The van der Waals surface area contributed by atoms with Gasteiger partial charge in [0.15, 0.2) is 0 Å². The molecule has 0 saturated heterocycles. The van der Waals surface area contributed by atoms with Crippen molar-refractivity contribution in [3.05, 3.63) is 23.4 Å². The molecule has 110 valence electrons. The number of hydrogen-bond donors (Lipinski definition) is 3. The monoisotopic (exact) mass is 278 g/mol. The number of nitrogens with one attached hydrogen (secondary N) is 3. The molecule has 3 N–H and O–H groups in total. The molecule has 1 unspecified atom stereocenters. The molecule has 1 heterocycles. The summed E-state index contributed by atoms with van der Waals surface area (Å²) in [6.45, 7) is 6.32. The van der Waals surface area contributed by atoms with Crippen molar-refractivity contribution in [3.8, 4) is 0 Å². The Balaban J connectivity index is 2.91. The summed E-state index contributed by atoms with van der Waals surface area (Å²) in [4.78, 5) is 28.0. The molecule has 6 nitrogen and oxygen atoms in total. The summed E-state index contributed by atoms with van der Waals surface area (Å²) in [6, 6.07) is 2.86. The highest BCUT2D eigenvalue weighted by Gasteiger charge is 2.16. The predicted octanol–water partition coefficient (Wildman–Crippen LogP) is 0.940. The van der Waals surface area contributed by atoms with Crippen LogP contribution in [0.2, 0.25) is 0 Å². The fraction of sp³-hybridized carbons (Fsp3) is 0.500. The number of nitrogens with zero attached hydrogens (tertiary/aromatic N) is 1. The molecule has 0 aliphatic carbocycles. The van der Waals surface area contributed by atoms with Crippen molar-refractivity contribution in [2.24, 2.45) is 0 Å². The first kappa shape index (κ1) is 15.9. The second-order valence-electron chi connectivity index (χ2n) is 4.43. The van der Waals surface area contributed by atoms with Gasteiger partial charge in [0.2, 0.25) is 5.91 Å². The first-order chi connectivity index (χ1) is 9.51. The minimum absolute atomic E-state index is 0.227. The second kappa shape index (κ2) is 7.47. The molecule has 0 fully saturated rings. The van der Waals surface area contributed by atoms with E-state index in [0.717, 1.165) is 18.7 Å². The number of carbonyl (C=O) groups is 2. The first-order valence-electron chi connectivity index (χ1n) is 6.79. The Hall–Kier alpha value is -2.11. The van der Waals surface area contributed by atoms with E-state index in [4.69, 9.17) is 0 Å². The smallest absolute Gasteiger partial charge is 0.252 e. The molecular weight excluding hydrogens is 256 g/mol. The lowest BCUT2D eigenvalue weighted by molar-refractivity contribution is -0.122. The number of aromatic nitrogens is 1. The summed E-state index contributed by atoms with van der Waals surface area (Å²) in [7, 11) is 1.54. The van der Waals surface area contributed by atoms with Crippen molar-refractivity contribution in [2.45, 2.75) is 33.2 Å². The Morgan fingerprint density at radius 1 is 1.30 bits per heavy atom. The van der Waals surface area contributed by atoms with E-state index in [9.17, 15) is 9.59 Å². The van der Waals surface area contributed by atoms with E-state index in [2.05, 4.69) is 20.9 Å². The van der Waals surface area contributed by atoms with E-state index in [1.165, 1.54) is 7.05 Å². The van der Waals surface area contributed by atoms with E-state index >= 15 is 0 Å². The molecule has 0 aliphatic rings. The number of rotatable bonds is 6. The van der Waals surface area contributed by atoms with Gasteiger partial charge in [-0.05, 0) is 32.4 Å². The normalized spacial score (nSPS) is 11.6. The van der Waals surface area contributed by atoms with Gasteiger partial charge in [0.1, 0.15) is 11.9 Å². The third-order valence-electron chi connectivity index (χ3n) is 2.85. The van der Waals surface area contributed by atoms with Gasteiger partial charge in [-0.2, -0.15) is 0 Å². The van der Waals surface area contributed by atoms with Gasteiger partial charge in [0.25, 0.3) is 5.91 Å². The summed E-state index contributed by atoms with van der Waals surface area (Å²) >= 11 is 0. The Kier molecular flexibility index (Phi) is 5.96. The van der Waals surface area contributed by atoms with Gasteiger partial charge < -0.3 is 16.0 Å². The maximum absolute atomic E-state index is 12.2. The van der Waals surface area contributed by atoms with E-state index < -0.39 is 6.04 Å². The number of amides is 2. The van der Waals surface area contributed by atoms with E-state index in [0.29, 0.717) is 11.4 Å². The minimum atomic E-state index is -0.576. The van der Waals surface area contributed by atoms with Crippen LogP contribution in [-0.4, -0.2) is 36.4 Å². The maximum atomic E-state index is 12.2. The summed E-state index contributed by atoms with van der Waals surface area (Å²) in [5, 5.41) is 8.25. The number of pyridine rings is 1. The van der Waals surface area contributed by atoms with Crippen LogP contribution in [0.1, 0.15) is 36.8 Å². The van der Waals surface area contributed by atoms with Crippen LogP contribution in [-0.2, 0) is 11.2 Å².